The van der Waals surface area contributed by atoms with Crippen molar-refractivity contribution in [2.45, 2.75) is 25.4 Å². The molecule has 24 heavy (non-hydrogen) atoms. The molecular weight excluding hydrogens is 332 g/mol. The number of nitrogens with zero attached hydrogens (tertiary/aromatic N) is 3. The van der Waals surface area contributed by atoms with Crippen molar-refractivity contribution >= 4 is 29.2 Å². The lowest BCUT2D eigenvalue weighted by Gasteiger charge is -2.07. The molecule has 0 radical (unpaired) electrons. The molecule has 9 nitrogen and oxygen atoms in total. The summed E-state index contributed by atoms with van der Waals surface area (Å²) in [6.07, 6.45) is 3.67. The number of imide groups is 1. The fourth-order valence-corrected chi connectivity index (χ4v) is 2.88. The van der Waals surface area contributed by atoms with E-state index in [1.54, 1.807) is 18.5 Å². The Morgan fingerprint density at radius 3 is 2.79 bits per heavy atom. The largest absolute Gasteiger partial charge is 0.350 e. The van der Waals surface area contributed by atoms with Crippen LogP contribution >= 0.6 is 11.3 Å². The maximum Gasteiger partial charge on any atom is 0.322 e. The summed E-state index contributed by atoms with van der Waals surface area (Å²) in [7, 11) is 0. The van der Waals surface area contributed by atoms with E-state index in [9.17, 15) is 14.4 Å². The smallest absolute Gasteiger partial charge is 0.322 e. The molecule has 1 unspecified atom stereocenters. The third-order valence-electron chi connectivity index (χ3n) is 3.29. The van der Waals surface area contributed by atoms with Crippen LogP contribution in [0.1, 0.15) is 18.5 Å². The molecule has 0 aliphatic carbocycles. The second-order valence-electron chi connectivity index (χ2n) is 5.05. The second kappa shape index (κ2) is 7.13. The Hall–Kier alpha value is -2.88. The molecule has 3 heterocycles. The van der Waals surface area contributed by atoms with E-state index in [4.69, 9.17) is 0 Å². The Balaban J connectivity index is 1.46. The Kier molecular flexibility index (Phi) is 4.75. The summed E-state index contributed by atoms with van der Waals surface area (Å²) in [6, 6.07) is 0.554. The summed E-state index contributed by atoms with van der Waals surface area (Å²) in [5.74, 6) is -0.0719. The van der Waals surface area contributed by atoms with Crippen LogP contribution in [0.25, 0.3) is 10.8 Å². The predicted molar refractivity (Wildman–Crippen MR) is 84.7 cm³/mol. The number of hydrogen-bond donors (Lipinski definition) is 3. The normalized spacial score (nSPS) is 16.6. The molecule has 1 saturated heterocycles. The van der Waals surface area contributed by atoms with E-state index in [1.807, 2.05) is 5.38 Å². The third kappa shape index (κ3) is 3.90. The Labute approximate surface area is 140 Å². The van der Waals surface area contributed by atoms with Crippen LogP contribution in [0, 0.1) is 0 Å². The molecule has 4 amide bonds. The summed E-state index contributed by atoms with van der Waals surface area (Å²) >= 11 is 1.40. The Bertz CT molecular complexity index is 763. The lowest BCUT2D eigenvalue weighted by atomic mass is 10.1. The van der Waals surface area contributed by atoms with Gasteiger partial charge < -0.3 is 10.6 Å². The van der Waals surface area contributed by atoms with Crippen LogP contribution in [0.15, 0.2) is 23.8 Å². The number of carbonyl (C=O) groups excluding carboxylic acids is 3. The van der Waals surface area contributed by atoms with Gasteiger partial charge in [-0.2, -0.15) is 0 Å². The van der Waals surface area contributed by atoms with E-state index in [0.717, 1.165) is 0 Å². The highest BCUT2D eigenvalue weighted by atomic mass is 32.1. The lowest BCUT2D eigenvalue weighted by molar-refractivity contribution is -0.122. The van der Waals surface area contributed by atoms with Crippen molar-refractivity contribution in [3.8, 4) is 10.8 Å². The van der Waals surface area contributed by atoms with E-state index in [2.05, 4.69) is 30.9 Å². The number of amides is 4. The first-order chi connectivity index (χ1) is 11.6. The maximum absolute atomic E-state index is 11.8. The minimum atomic E-state index is -0.649. The molecule has 1 aliphatic rings. The van der Waals surface area contributed by atoms with Crippen LogP contribution in [0.2, 0.25) is 0 Å². The maximum atomic E-state index is 11.8. The first-order valence-corrected chi connectivity index (χ1v) is 8.09. The minimum absolute atomic E-state index is 0.136. The third-order valence-corrected chi connectivity index (χ3v) is 4.18. The van der Waals surface area contributed by atoms with Gasteiger partial charge in [0.2, 0.25) is 5.91 Å². The van der Waals surface area contributed by atoms with Crippen LogP contribution in [0.3, 0.4) is 0 Å². The average Bonchev–Trinajstić information content (AvgIpc) is 3.18. The van der Waals surface area contributed by atoms with Crippen molar-refractivity contribution in [1.29, 1.82) is 0 Å². The fraction of sp³-hybridized carbons (Fsp3) is 0.286. The number of aromatic nitrogens is 3. The summed E-state index contributed by atoms with van der Waals surface area (Å²) in [5, 5.41) is 9.82. The summed E-state index contributed by atoms with van der Waals surface area (Å²) < 4.78 is 0. The van der Waals surface area contributed by atoms with Gasteiger partial charge >= 0.3 is 6.03 Å². The highest BCUT2D eigenvalue weighted by Gasteiger charge is 2.29. The molecule has 1 atom stereocenters. The van der Waals surface area contributed by atoms with Gasteiger partial charge in [-0.3, -0.25) is 14.9 Å². The number of thiazole rings is 1. The molecule has 2 aromatic rings. The van der Waals surface area contributed by atoms with Gasteiger partial charge in [-0.25, -0.2) is 19.7 Å². The van der Waals surface area contributed by atoms with Crippen LogP contribution in [-0.4, -0.2) is 38.8 Å². The van der Waals surface area contributed by atoms with E-state index >= 15 is 0 Å². The fourth-order valence-electron chi connectivity index (χ4n) is 2.12. The van der Waals surface area contributed by atoms with Gasteiger partial charge in [0, 0.05) is 24.2 Å². The summed E-state index contributed by atoms with van der Waals surface area (Å²) in [6.45, 7) is 0.283. The van der Waals surface area contributed by atoms with E-state index < -0.39 is 18.0 Å². The second-order valence-corrected chi connectivity index (χ2v) is 5.91. The quantitative estimate of drug-likeness (QED) is 0.642. The van der Waals surface area contributed by atoms with Crippen molar-refractivity contribution in [3.63, 3.8) is 0 Å². The first-order valence-electron chi connectivity index (χ1n) is 7.21. The lowest BCUT2D eigenvalue weighted by Crippen LogP contribution is -2.31. The van der Waals surface area contributed by atoms with Crippen LogP contribution in [0.4, 0.5) is 4.79 Å². The average molecular weight is 346 g/mol. The molecule has 124 valence electrons. The van der Waals surface area contributed by atoms with Crippen molar-refractivity contribution in [1.82, 2.24) is 30.9 Å². The zero-order valence-electron chi connectivity index (χ0n) is 12.5. The van der Waals surface area contributed by atoms with Crippen molar-refractivity contribution in [3.05, 3.63) is 29.5 Å². The molecule has 1 aliphatic heterocycles. The van der Waals surface area contributed by atoms with E-state index in [1.165, 1.54) is 11.3 Å². The molecule has 0 saturated carbocycles. The Morgan fingerprint density at radius 1 is 1.29 bits per heavy atom. The van der Waals surface area contributed by atoms with Crippen molar-refractivity contribution in [2.24, 2.45) is 0 Å². The van der Waals surface area contributed by atoms with E-state index in [0.29, 0.717) is 16.5 Å². The van der Waals surface area contributed by atoms with Gasteiger partial charge in [0.15, 0.2) is 10.8 Å². The molecule has 1 fully saturated rings. The molecule has 0 spiro atoms. The van der Waals surface area contributed by atoms with Crippen LogP contribution < -0.4 is 16.0 Å². The highest BCUT2D eigenvalue weighted by molar-refractivity contribution is 7.13. The van der Waals surface area contributed by atoms with Gasteiger partial charge in [0.1, 0.15) is 6.04 Å². The monoisotopic (exact) mass is 346 g/mol. The Morgan fingerprint density at radius 2 is 2.08 bits per heavy atom. The standard InChI is InChI=1S/C14H14N6O3S/c21-10(3-2-9-12(22)20-14(23)19-9)17-6-8-7-24-13(18-8)11-15-4-1-5-16-11/h1,4-5,7,9H,2-3,6H2,(H,17,21)(H2,19,20,22,23). The number of hydrogen-bond acceptors (Lipinski definition) is 7. The number of carbonyl (C=O) groups is 3. The van der Waals surface area contributed by atoms with Gasteiger partial charge in [0.05, 0.1) is 12.2 Å². The number of rotatable bonds is 6. The highest BCUT2D eigenvalue weighted by Crippen LogP contribution is 2.19. The molecule has 10 heteroatoms. The van der Waals surface area contributed by atoms with Crippen LogP contribution in [-0.2, 0) is 16.1 Å². The summed E-state index contributed by atoms with van der Waals surface area (Å²) in [5.41, 5.74) is 0.711. The molecule has 0 aromatic carbocycles. The SMILES string of the molecule is O=C(CCC1NC(=O)NC1=O)NCc1csc(-c2ncccn2)n1. The van der Waals surface area contributed by atoms with Gasteiger partial charge in [-0.15, -0.1) is 11.3 Å². The van der Waals surface area contributed by atoms with Gasteiger partial charge in [-0.1, -0.05) is 0 Å². The minimum Gasteiger partial charge on any atom is -0.350 e. The molecule has 2 aromatic heterocycles. The number of urea groups is 1. The number of nitrogens with one attached hydrogen (secondary N) is 3. The van der Waals surface area contributed by atoms with Crippen molar-refractivity contribution in [2.75, 3.05) is 0 Å². The van der Waals surface area contributed by atoms with E-state index in [-0.39, 0.29) is 25.3 Å². The van der Waals surface area contributed by atoms with Gasteiger partial charge in [0.25, 0.3) is 5.91 Å². The molecule has 3 rings (SSSR count). The first kappa shape index (κ1) is 16.0. The predicted octanol–water partition coefficient (Wildman–Crippen LogP) is 0.204. The summed E-state index contributed by atoms with van der Waals surface area (Å²) in [4.78, 5) is 46.8. The van der Waals surface area contributed by atoms with Gasteiger partial charge in [-0.05, 0) is 12.5 Å². The zero-order valence-corrected chi connectivity index (χ0v) is 13.3. The molecular formula is C14H14N6O3S. The van der Waals surface area contributed by atoms with Crippen molar-refractivity contribution < 1.29 is 14.4 Å². The van der Waals surface area contributed by atoms with Crippen LogP contribution in [0.5, 0.6) is 0 Å². The molecule has 3 N–H and O–H groups in total. The zero-order chi connectivity index (χ0) is 16.9. The molecule has 0 bridgehead atoms. The topological polar surface area (TPSA) is 126 Å².